The van der Waals surface area contributed by atoms with Crippen molar-refractivity contribution in [1.29, 1.82) is 0 Å². The third kappa shape index (κ3) is 2.06. The summed E-state index contributed by atoms with van der Waals surface area (Å²) in [7, 11) is 0. The highest BCUT2D eigenvalue weighted by molar-refractivity contribution is 7.17. The normalized spacial score (nSPS) is 11.4. The Morgan fingerprint density at radius 3 is 2.80 bits per heavy atom. The van der Waals surface area contributed by atoms with Gasteiger partial charge in [-0.15, -0.1) is 11.3 Å². The second-order valence-electron chi connectivity index (χ2n) is 5.22. The highest BCUT2D eigenvalue weighted by atomic mass is 32.1. The number of H-pyrrole nitrogens is 1. The smallest absolute Gasteiger partial charge is 0.254 e. The van der Waals surface area contributed by atoms with Crippen molar-refractivity contribution in [2.75, 3.05) is 0 Å². The van der Waals surface area contributed by atoms with E-state index in [9.17, 15) is 4.79 Å². The van der Waals surface area contributed by atoms with E-state index < -0.39 is 0 Å². The molecule has 3 rings (SSSR count). The summed E-state index contributed by atoms with van der Waals surface area (Å²) in [4.78, 5) is 19.7. The van der Waals surface area contributed by atoms with E-state index in [1.807, 2.05) is 32.9 Å². The summed E-state index contributed by atoms with van der Waals surface area (Å²) in [6, 6.07) is 8.23. The molecule has 0 unspecified atom stereocenters. The summed E-state index contributed by atoms with van der Waals surface area (Å²) in [5, 5.41) is 3.26. The molecule has 4 heteroatoms. The average molecular weight is 284 g/mol. The average Bonchev–Trinajstić information content (AvgIpc) is 2.89. The van der Waals surface area contributed by atoms with E-state index in [1.165, 1.54) is 10.1 Å². The van der Waals surface area contributed by atoms with Crippen LogP contribution >= 0.6 is 11.3 Å². The van der Waals surface area contributed by atoms with Crippen LogP contribution in [0.3, 0.4) is 0 Å². The molecule has 0 aliphatic carbocycles. The minimum Gasteiger partial charge on any atom is -0.310 e. The second-order valence-corrected chi connectivity index (χ2v) is 6.14. The van der Waals surface area contributed by atoms with Crippen LogP contribution in [-0.2, 0) is 0 Å². The van der Waals surface area contributed by atoms with Crippen molar-refractivity contribution >= 4 is 21.4 Å². The number of benzene rings is 1. The van der Waals surface area contributed by atoms with Crippen molar-refractivity contribution in [3.8, 4) is 11.3 Å². The Morgan fingerprint density at radius 2 is 2.05 bits per heavy atom. The standard InChI is InChI=1S/C16H16N2OS/c1-9(2)15-17-13(10(3)16(19)18-15)12-6-4-5-11-7-8-20-14(11)12/h4-9H,1-3H3,(H,17,18,19). The van der Waals surface area contributed by atoms with Crippen LogP contribution in [0.2, 0.25) is 0 Å². The Bertz CT molecular complexity index is 830. The lowest BCUT2D eigenvalue weighted by molar-refractivity contribution is 0.765. The number of hydrogen-bond acceptors (Lipinski definition) is 3. The zero-order valence-electron chi connectivity index (χ0n) is 11.7. The lowest BCUT2D eigenvalue weighted by Gasteiger charge is -2.10. The van der Waals surface area contributed by atoms with E-state index in [0.29, 0.717) is 5.56 Å². The third-order valence-electron chi connectivity index (χ3n) is 3.45. The third-order valence-corrected chi connectivity index (χ3v) is 4.41. The van der Waals surface area contributed by atoms with Crippen LogP contribution in [0.5, 0.6) is 0 Å². The quantitative estimate of drug-likeness (QED) is 0.770. The van der Waals surface area contributed by atoms with Gasteiger partial charge in [-0.2, -0.15) is 0 Å². The maximum Gasteiger partial charge on any atom is 0.254 e. The molecule has 0 aliphatic rings. The van der Waals surface area contributed by atoms with Gasteiger partial charge in [0.15, 0.2) is 0 Å². The molecule has 1 N–H and O–H groups in total. The van der Waals surface area contributed by atoms with Crippen LogP contribution in [0, 0.1) is 6.92 Å². The van der Waals surface area contributed by atoms with Gasteiger partial charge in [-0.25, -0.2) is 4.98 Å². The number of aromatic amines is 1. The maximum atomic E-state index is 12.1. The Hall–Kier alpha value is -1.94. The van der Waals surface area contributed by atoms with E-state index in [4.69, 9.17) is 0 Å². The number of fused-ring (bicyclic) bond motifs is 1. The molecule has 0 atom stereocenters. The molecule has 2 aromatic heterocycles. The van der Waals surface area contributed by atoms with Crippen LogP contribution in [-0.4, -0.2) is 9.97 Å². The topological polar surface area (TPSA) is 45.8 Å². The van der Waals surface area contributed by atoms with Crippen molar-refractivity contribution in [3.63, 3.8) is 0 Å². The molecule has 0 saturated carbocycles. The monoisotopic (exact) mass is 284 g/mol. The molecule has 3 nitrogen and oxygen atoms in total. The van der Waals surface area contributed by atoms with Crippen molar-refractivity contribution < 1.29 is 0 Å². The minimum atomic E-state index is -0.0488. The number of rotatable bonds is 2. The predicted octanol–water partition coefficient (Wildman–Crippen LogP) is 4.08. The lowest BCUT2D eigenvalue weighted by Crippen LogP contribution is -2.16. The molecule has 0 radical (unpaired) electrons. The van der Waals surface area contributed by atoms with Gasteiger partial charge in [0.25, 0.3) is 5.56 Å². The number of aromatic nitrogens is 2. The van der Waals surface area contributed by atoms with Gasteiger partial charge >= 0.3 is 0 Å². The molecular weight excluding hydrogens is 268 g/mol. The first-order valence-corrected chi connectivity index (χ1v) is 7.53. The van der Waals surface area contributed by atoms with Gasteiger partial charge in [-0.1, -0.05) is 32.0 Å². The molecule has 20 heavy (non-hydrogen) atoms. The highest BCUT2D eigenvalue weighted by Gasteiger charge is 2.14. The van der Waals surface area contributed by atoms with Crippen molar-refractivity contribution in [3.05, 3.63) is 51.4 Å². The fourth-order valence-electron chi connectivity index (χ4n) is 2.27. The van der Waals surface area contributed by atoms with Gasteiger partial charge in [0.2, 0.25) is 0 Å². The van der Waals surface area contributed by atoms with Crippen molar-refractivity contribution in [2.24, 2.45) is 0 Å². The largest absolute Gasteiger partial charge is 0.310 e. The number of nitrogens with zero attached hydrogens (tertiary/aromatic N) is 1. The van der Waals surface area contributed by atoms with E-state index in [2.05, 4.69) is 27.5 Å². The molecule has 102 valence electrons. The zero-order chi connectivity index (χ0) is 14.3. The predicted molar refractivity (Wildman–Crippen MR) is 84.5 cm³/mol. The molecule has 1 aromatic carbocycles. The van der Waals surface area contributed by atoms with Crippen LogP contribution in [0.25, 0.3) is 21.3 Å². The molecule has 0 bridgehead atoms. The Labute approximate surface area is 121 Å². The van der Waals surface area contributed by atoms with Gasteiger partial charge in [-0.3, -0.25) is 4.79 Å². The Kier molecular flexibility index (Phi) is 3.18. The molecule has 0 fully saturated rings. The first kappa shape index (κ1) is 13.1. The van der Waals surface area contributed by atoms with E-state index >= 15 is 0 Å². The molecule has 0 spiro atoms. The Balaban J connectivity index is 2.34. The van der Waals surface area contributed by atoms with Crippen molar-refractivity contribution in [2.45, 2.75) is 26.7 Å². The molecule has 0 aliphatic heterocycles. The summed E-state index contributed by atoms with van der Waals surface area (Å²) < 4.78 is 1.18. The highest BCUT2D eigenvalue weighted by Crippen LogP contribution is 2.32. The number of hydrogen-bond donors (Lipinski definition) is 1. The minimum absolute atomic E-state index is 0.0488. The van der Waals surface area contributed by atoms with Gasteiger partial charge < -0.3 is 4.98 Å². The first-order valence-electron chi connectivity index (χ1n) is 6.65. The van der Waals surface area contributed by atoms with Gasteiger partial charge in [0.1, 0.15) is 5.82 Å². The maximum absolute atomic E-state index is 12.1. The molecular formula is C16H16N2OS. The SMILES string of the molecule is Cc1c(-c2cccc3ccsc23)nc(C(C)C)[nH]c1=O. The van der Waals surface area contributed by atoms with Gasteiger partial charge in [0, 0.05) is 21.7 Å². The zero-order valence-corrected chi connectivity index (χ0v) is 12.5. The van der Waals surface area contributed by atoms with E-state index in [-0.39, 0.29) is 11.5 Å². The number of nitrogens with one attached hydrogen (secondary N) is 1. The lowest BCUT2D eigenvalue weighted by atomic mass is 10.1. The second kappa shape index (κ2) is 4.87. The molecule has 0 saturated heterocycles. The van der Waals surface area contributed by atoms with Gasteiger partial charge in [-0.05, 0) is 23.8 Å². The molecule has 0 amide bonds. The fraction of sp³-hybridized carbons (Fsp3) is 0.250. The Morgan fingerprint density at radius 1 is 1.25 bits per heavy atom. The summed E-state index contributed by atoms with van der Waals surface area (Å²) in [6.45, 7) is 5.89. The van der Waals surface area contributed by atoms with Gasteiger partial charge in [0.05, 0.1) is 5.69 Å². The van der Waals surface area contributed by atoms with Crippen LogP contribution in [0.15, 0.2) is 34.4 Å². The number of thiophene rings is 1. The first-order chi connectivity index (χ1) is 9.58. The van der Waals surface area contributed by atoms with Crippen molar-refractivity contribution in [1.82, 2.24) is 9.97 Å². The van der Waals surface area contributed by atoms with Crippen LogP contribution < -0.4 is 5.56 Å². The summed E-state index contributed by atoms with van der Waals surface area (Å²) in [5.41, 5.74) is 2.47. The summed E-state index contributed by atoms with van der Waals surface area (Å²) >= 11 is 1.69. The van der Waals surface area contributed by atoms with Crippen LogP contribution in [0.1, 0.15) is 31.2 Å². The van der Waals surface area contributed by atoms with E-state index in [1.54, 1.807) is 11.3 Å². The van der Waals surface area contributed by atoms with E-state index in [0.717, 1.165) is 17.1 Å². The summed E-state index contributed by atoms with van der Waals surface area (Å²) in [6.07, 6.45) is 0. The summed E-state index contributed by atoms with van der Waals surface area (Å²) in [5.74, 6) is 0.939. The molecule has 3 aromatic rings. The van der Waals surface area contributed by atoms with Crippen LogP contribution in [0.4, 0.5) is 0 Å². The fourth-order valence-corrected chi connectivity index (χ4v) is 3.18. The molecule has 2 heterocycles.